The molecule has 31 heteroatoms. The van der Waals surface area contributed by atoms with Crippen molar-refractivity contribution in [1.29, 1.82) is 0 Å². The topological polar surface area (TPSA) is 241 Å². The van der Waals surface area contributed by atoms with Crippen LogP contribution in [0.15, 0.2) is 140 Å². The molecule has 0 aliphatic rings. The third kappa shape index (κ3) is 20.8. The number of aromatic carboxylic acids is 1. The summed E-state index contributed by atoms with van der Waals surface area (Å²) in [5, 5.41) is 30.5. The number of nitrogens with one attached hydrogen (secondary N) is 4. The summed E-state index contributed by atoms with van der Waals surface area (Å²) in [5.74, 6) is -12.1. The van der Waals surface area contributed by atoms with Gasteiger partial charge in [0.2, 0.25) is 11.9 Å². The number of amides is 2. The summed E-state index contributed by atoms with van der Waals surface area (Å²) < 4.78 is 134. The number of benzene rings is 4. The van der Waals surface area contributed by atoms with E-state index >= 15 is 0 Å². The number of pyridine rings is 4. The van der Waals surface area contributed by atoms with Crippen LogP contribution in [0.1, 0.15) is 86.5 Å². The smallest absolute Gasteiger partial charge is 0.340 e. The van der Waals surface area contributed by atoms with Gasteiger partial charge < -0.3 is 32.1 Å². The summed E-state index contributed by atoms with van der Waals surface area (Å²) in [5.41, 5.74) is 3.66. The van der Waals surface area contributed by atoms with Crippen LogP contribution in [0, 0.1) is 58.4 Å². The van der Waals surface area contributed by atoms with Crippen LogP contribution in [0.3, 0.4) is 0 Å². The highest BCUT2D eigenvalue weighted by Crippen LogP contribution is 2.32. The van der Waals surface area contributed by atoms with Gasteiger partial charge in [0.05, 0.1) is 51.6 Å². The average molecular weight is 1500 g/mol. The molecule has 0 aliphatic heterocycles. The number of hydrogen-bond donors (Lipinski definition) is 6. The molecule has 0 spiro atoms. The fourth-order valence-electron chi connectivity index (χ4n) is 6.55. The van der Waals surface area contributed by atoms with Gasteiger partial charge in [0.25, 0.3) is 11.8 Å². The van der Waals surface area contributed by atoms with Crippen molar-refractivity contribution in [1.82, 2.24) is 40.1 Å². The maximum Gasteiger partial charge on any atom is 0.340 e. The molecule has 9 aromatic rings. The molecule has 0 atom stereocenters. The zero-order valence-electron chi connectivity index (χ0n) is 47.7. The van der Waals surface area contributed by atoms with E-state index in [-0.39, 0.29) is 68.7 Å². The van der Waals surface area contributed by atoms with Gasteiger partial charge in [-0.15, -0.1) is 5.10 Å². The van der Waals surface area contributed by atoms with E-state index in [9.17, 15) is 58.3 Å². The molecule has 0 radical (unpaired) electrons. The second-order valence-electron chi connectivity index (χ2n) is 19.3. The number of anilines is 5. The molecular weight excluding hydrogens is 1450 g/mol. The van der Waals surface area contributed by atoms with E-state index in [2.05, 4.69) is 120 Å². The Morgan fingerprint density at radius 2 is 0.876 bits per heavy atom. The molecule has 0 saturated carbocycles. The number of carbonyl (C=O) groups excluding carboxylic acids is 2. The van der Waals surface area contributed by atoms with Crippen molar-refractivity contribution in [2.75, 3.05) is 27.0 Å². The van der Waals surface area contributed by atoms with E-state index in [4.69, 9.17) is 10.8 Å². The zero-order valence-corrected chi connectivity index (χ0v) is 54.0. The van der Waals surface area contributed by atoms with Gasteiger partial charge in [-0.1, -0.05) is 13.8 Å². The summed E-state index contributed by atoms with van der Waals surface area (Å²) in [6.07, 6.45) is 5.55. The van der Waals surface area contributed by atoms with Gasteiger partial charge in [0.15, 0.2) is 52.4 Å². The monoisotopic (exact) mass is 1500 g/mol. The minimum Gasteiger partial charge on any atom is -0.478 e. The molecule has 0 unspecified atom stereocenters. The van der Waals surface area contributed by atoms with Crippen LogP contribution >= 0.6 is 63.7 Å². The molecule has 17 nitrogen and oxygen atoms in total. The summed E-state index contributed by atoms with van der Waals surface area (Å²) in [6.45, 7) is 15.7. The van der Waals surface area contributed by atoms with E-state index in [1.165, 1.54) is 73.1 Å². The van der Waals surface area contributed by atoms with Gasteiger partial charge in [-0.25, -0.2) is 59.9 Å². The lowest BCUT2D eigenvalue weighted by molar-refractivity contribution is 0.0690. The molecular formula is C58H51Br4F10N13O4. The molecule has 9 rings (SSSR count). The zero-order chi connectivity index (χ0) is 66.7. The number of nitrogens with two attached hydrogens (primary N) is 1. The Kier molecular flexibility index (Phi) is 27.3. The molecule has 5 heterocycles. The van der Waals surface area contributed by atoms with Crippen molar-refractivity contribution in [3.8, 4) is 17.1 Å². The van der Waals surface area contributed by atoms with Crippen molar-refractivity contribution in [2.45, 2.75) is 66.5 Å². The number of hydrogen-bond acceptors (Lipinski definition) is 13. The fourth-order valence-corrected chi connectivity index (χ4v) is 7.77. The first-order chi connectivity index (χ1) is 41.8. The van der Waals surface area contributed by atoms with Gasteiger partial charge in [0, 0.05) is 35.9 Å². The maximum absolute atomic E-state index is 14.3. The van der Waals surface area contributed by atoms with Crippen LogP contribution in [-0.4, -0.2) is 74.1 Å². The second kappa shape index (κ2) is 33.2. The van der Waals surface area contributed by atoms with Crippen molar-refractivity contribution in [3.05, 3.63) is 215 Å². The Morgan fingerprint density at radius 3 is 1.34 bits per heavy atom. The molecule has 2 amide bonds. The third-order valence-corrected chi connectivity index (χ3v) is 12.9. The first-order valence-electron chi connectivity index (χ1n) is 25.4. The highest BCUT2D eigenvalue weighted by molar-refractivity contribution is 9.11. The van der Waals surface area contributed by atoms with E-state index in [1.54, 1.807) is 36.7 Å². The van der Waals surface area contributed by atoms with Crippen LogP contribution in [-0.2, 0) is 0 Å². The number of carbonyl (C=O) groups is 3. The molecule has 7 N–H and O–H groups in total. The summed E-state index contributed by atoms with van der Waals surface area (Å²) in [4.78, 5) is 49.1. The number of carboxylic acids is 1. The van der Waals surface area contributed by atoms with Crippen molar-refractivity contribution < 1.29 is 63.4 Å². The highest BCUT2D eigenvalue weighted by atomic mass is 79.9. The van der Waals surface area contributed by atoms with Gasteiger partial charge in [-0.2, -0.15) is 13.5 Å². The number of aromatic nitrogens is 8. The second-order valence-corrected chi connectivity index (χ2v) is 22.7. The predicted molar refractivity (Wildman–Crippen MR) is 330 cm³/mol. The predicted octanol–water partition coefficient (Wildman–Crippen LogP) is 16.3. The Labute approximate surface area is 535 Å². The molecule has 0 bridgehead atoms. The molecule has 470 valence electrons. The van der Waals surface area contributed by atoms with Crippen LogP contribution in [0.5, 0.6) is 0 Å². The Bertz CT molecular complexity index is 3930. The number of tetrazole rings is 1. The van der Waals surface area contributed by atoms with E-state index < -0.39 is 81.8 Å². The number of nitrogen functional groups attached to an aromatic ring is 1. The minimum atomic E-state index is -1.30. The molecule has 0 fully saturated rings. The lowest BCUT2D eigenvalue weighted by Gasteiger charge is -2.22. The molecule has 5 aromatic heterocycles. The van der Waals surface area contributed by atoms with Crippen LogP contribution in [0.2, 0.25) is 0 Å². The van der Waals surface area contributed by atoms with Gasteiger partial charge in [0.1, 0.15) is 22.9 Å². The van der Waals surface area contributed by atoms with Crippen molar-refractivity contribution >= 4 is 110 Å². The Balaban J connectivity index is 0.000000246. The third-order valence-electron chi connectivity index (χ3n) is 10.4. The number of nitrogens with zero attached hydrogens (tertiary/aromatic N) is 8. The first-order valence-corrected chi connectivity index (χ1v) is 28.6. The fraction of sp³-hybridized carbons (Fsp3) is 0.172. The number of rotatable bonds is 9. The quantitative estimate of drug-likeness (QED) is 0.0341. The average Bonchev–Trinajstić information content (AvgIpc) is 2.15. The summed E-state index contributed by atoms with van der Waals surface area (Å²) in [6, 6.07) is 22.2. The van der Waals surface area contributed by atoms with Crippen molar-refractivity contribution in [3.63, 3.8) is 0 Å². The first kappa shape index (κ1) is 73.1. The molecule has 89 heavy (non-hydrogen) atoms. The highest BCUT2D eigenvalue weighted by Gasteiger charge is 2.24. The van der Waals surface area contributed by atoms with E-state index in [0.717, 1.165) is 16.8 Å². The van der Waals surface area contributed by atoms with Crippen molar-refractivity contribution in [2.24, 2.45) is 0 Å². The van der Waals surface area contributed by atoms with Crippen LogP contribution < -0.4 is 27.0 Å². The van der Waals surface area contributed by atoms with Gasteiger partial charge >= 0.3 is 5.97 Å². The van der Waals surface area contributed by atoms with Crippen LogP contribution in [0.4, 0.5) is 72.6 Å². The van der Waals surface area contributed by atoms with Gasteiger partial charge in [-0.3, -0.25) is 9.59 Å². The Morgan fingerprint density at radius 1 is 0.483 bits per heavy atom. The van der Waals surface area contributed by atoms with Crippen LogP contribution in [0.25, 0.3) is 17.1 Å². The summed E-state index contributed by atoms with van der Waals surface area (Å²) in [7, 11) is 0. The SMILES string of the molecule is CC.CC(C)(C)Nc1ncccc1-c1nnnn1-c1ccc(Br)c(F)c1F.CC(C)(C)Nc1ncccc1C(=O)Nc1ccc(Br)c(F)c1F.Nc1ccc(Br)c(F)c1F.O=C(Nc1ccc(Br)c(F)c1F)c1cccnc1F.O=C(O)c1cccnc1F. The maximum atomic E-state index is 14.3. The molecule has 0 saturated heterocycles. The lowest BCUT2D eigenvalue weighted by atomic mass is 10.1. The number of halogens is 14. The lowest BCUT2D eigenvalue weighted by Crippen LogP contribution is -2.28. The number of carboxylic acid groups (broad SMARTS) is 1. The van der Waals surface area contributed by atoms with E-state index in [1.807, 2.05) is 55.4 Å². The summed E-state index contributed by atoms with van der Waals surface area (Å²) >= 11 is 11.5. The largest absolute Gasteiger partial charge is 0.478 e. The normalized spacial score (nSPS) is 10.6. The van der Waals surface area contributed by atoms with Gasteiger partial charge in [-0.05, 0) is 213 Å². The molecule has 0 aliphatic carbocycles. The minimum absolute atomic E-state index is 0.00975. The van der Waals surface area contributed by atoms with E-state index in [0.29, 0.717) is 17.2 Å². The standard InChI is InChI=1S/C16H15BrF2N6.C16H16BrF2N3O.C12H6BrF3N2O.C6H4BrF2N.C6H4FNO2.C2H6/c1-16(2,3)21-14-9(5-4-8-20-14)15-22-23-24-25(15)11-7-6-10(17)12(18)13(11)19;1-16(2,3)22-14-9(5-4-8-20-14)15(23)21-11-7-6-10(17)12(18)13(11)19;13-7-3-4-8(10(15)9(7)14)18-12(19)6-2-1-5-17-11(6)16;7-3-1-2-4(10)6(9)5(3)8;7-5-4(6(9)10)2-1-3-8-5;1-2/h4-8H,1-3H3,(H,20,21);4-8H,1-3H3,(H,20,22)(H,21,23);1-5H,(H,18,19);1-2H,10H2;1-3H,(H,9,10);1-2H3. The Hall–Kier alpha value is -8.42. The molecule has 4 aromatic carbocycles.